The second kappa shape index (κ2) is 10.3. The van der Waals surface area contributed by atoms with Crippen LogP contribution in [0.3, 0.4) is 0 Å². The highest BCUT2D eigenvalue weighted by atomic mass is 16.3. The molecule has 0 unspecified atom stereocenters. The molecule has 0 atom stereocenters. The quantitative estimate of drug-likeness (QED) is 0.180. The first-order valence-electron chi connectivity index (χ1n) is 16.7. The summed E-state index contributed by atoms with van der Waals surface area (Å²) < 4.78 is 12.9. The van der Waals surface area contributed by atoms with Gasteiger partial charge < -0.3 is 8.83 Å². The third kappa shape index (κ3) is 3.98. The predicted octanol–water partition coefficient (Wildman–Crippen LogP) is 12.1. The lowest BCUT2D eigenvalue weighted by Gasteiger charge is -2.11. The first-order chi connectivity index (χ1) is 24.8. The number of furan rings is 2. The molecule has 0 saturated heterocycles. The first kappa shape index (κ1) is 27.1. The lowest BCUT2D eigenvalue weighted by Crippen LogP contribution is -2.00. The number of aromatic nitrogens is 3. The number of para-hydroxylation sites is 4. The number of benzene rings is 8. The zero-order valence-electron chi connectivity index (χ0n) is 26.6. The van der Waals surface area contributed by atoms with E-state index in [-0.39, 0.29) is 0 Å². The number of fused-ring (bicyclic) bond motifs is 11. The van der Waals surface area contributed by atoms with E-state index < -0.39 is 0 Å². The van der Waals surface area contributed by atoms with Crippen LogP contribution in [0.25, 0.3) is 110 Å². The van der Waals surface area contributed by atoms with Gasteiger partial charge in [0, 0.05) is 27.1 Å². The molecule has 0 aliphatic rings. The van der Waals surface area contributed by atoms with Crippen LogP contribution in [-0.4, -0.2) is 15.0 Å². The van der Waals surface area contributed by atoms with Crippen molar-refractivity contribution in [2.75, 3.05) is 0 Å². The topological polar surface area (TPSA) is 65.0 Å². The molecule has 232 valence electrons. The molecule has 8 aromatic carbocycles. The summed E-state index contributed by atoms with van der Waals surface area (Å²) in [5.41, 5.74) is 5.65. The minimum Gasteiger partial charge on any atom is -0.455 e. The van der Waals surface area contributed by atoms with Crippen molar-refractivity contribution < 1.29 is 8.83 Å². The molecule has 0 aliphatic carbocycles. The highest BCUT2D eigenvalue weighted by Gasteiger charge is 2.20. The molecule has 5 nitrogen and oxygen atoms in total. The van der Waals surface area contributed by atoms with Crippen molar-refractivity contribution in [2.24, 2.45) is 0 Å². The molecule has 3 aromatic heterocycles. The smallest absolute Gasteiger partial charge is 0.167 e. The van der Waals surface area contributed by atoms with Crippen LogP contribution < -0.4 is 0 Å². The van der Waals surface area contributed by atoms with Gasteiger partial charge in [-0.3, -0.25) is 0 Å². The monoisotopic (exact) mass is 639 g/mol. The Kier molecular flexibility index (Phi) is 5.60. The molecule has 0 bridgehead atoms. The van der Waals surface area contributed by atoms with Gasteiger partial charge in [0.25, 0.3) is 0 Å². The van der Waals surface area contributed by atoms with E-state index >= 15 is 0 Å². The molecule has 5 heteroatoms. The standard InChI is InChI=1S/C45H25N3O2/c1-2-10-29-26(9-1)19-23-32-30-22-21-28(25-27(30)20-24-31(29)32)43-46-44(37-15-7-13-35-33-11-3-5-17-39(33)49-41(35)37)48-45(47-43)38-16-8-14-36-34-12-4-6-18-40(34)50-42(36)38/h1-25H. The Labute approximate surface area is 285 Å². The number of hydrogen-bond acceptors (Lipinski definition) is 5. The van der Waals surface area contributed by atoms with Crippen molar-refractivity contribution in [1.82, 2.24) is 15.0 Å². The summed E-state index contributed by atoms with van der Waals surface area (Å²) in [7, 11) is 0. The Morgan fingerprint density at radius 1 is 0.320 bits per heavy atom. The lowest BCUT2D eigenvalue weighted by molar-refractivity contribution is 0.669. The molecule has 0 spiro atoms. The summed E-state index contributed by atoms with van der Waals surface area (Å²) in [5, 5.41) is 11.4. The fraction of sp³-hybridized carbons (Fsp3) is 0. The van der Waals surface area contributed by atoms with Gasteiger partial charge in [-0.1, -0.05) is 121 Å². The molecule has 11 aromatic rings. The van der Waals surface area contributed by atoms with E-state index in [1.54, 1.807) is 0 Å². The summed E-state index contributed by atoms with van der Waals surface area (Å²) in [6.45, 7) is 0. The van der Waals surface area contributed by atoms with Crippen molar-refractivity contribution in [3.63, 3.8) is 0 Å². The maximum absolute atomic E-state index is 6.45. The second-order valence-corrected chi connectivity index (χ2v) is 12.8. The van der Waals surface area contributed by atoms with Gasteiger partial charge in [0.15, 0.2) is 17.5 Å². The van der Waals surface area contributed by atoms with Crippen molar-refractivity contribution >= 4 is 76.2 Å². The number of rotatable bonds is 3. The average Bonchev–Trinajstić information content (AvgIpc) is 3.76. The zero-order valence-corrected chi connectivity index (χ0v) is 26.6. The summed E-state index contributed by atoms with van der Waals surface area (Å²) >= 11 is 0. The Morgan fingerprint density at radius 3 is 1.44 bits per heavy atom. The van der Waals surface area contributed by atoms with Gasteiger partial charge in [-0.2, -0.15) is 0 Å². The minimum atomic E-state index is 0.535. The number of nitrogens with zero attached hydrogens (tertiary/aromatic N) is 3. The minimum absolute atomic E-state index is 0.535. The fourth-order valence-corrected chi connectivity index (χ4v) is 7.56. The van der Waals surface area contributed by atoms with E-state index in [1.165, 1.54) is 26.9 Å². The largest absolute Gasteiger partial charge is 0.455 e. The van der Waals surface area contributed by atoms with E-state index in [4.69, 9.17) is 23.8 Å². The molecule has 0 N–H and O–H groups in total. The number of hydrogen-bond donors (Lipinski definition) is 0. The molecule has 0 radical (unpaired) electrons. The maximum atomic E-state index is 6.45. The summed E-state index contributed by atoms with van der Waals surface area (Å²) in [4.78, 5) is 15.4. The molecule has 50 heavy (non-hydrogen) atoms. The molecule has 3 heterocycles. The van der Waals surface area contributed by atoms with Crippen LogP contribution in [-0.2, 0) is 0 Å². The van der Waals surface area contributed by atoms with Gasteiger partial charge in [0.2, 0.25) is 0 Å². The van der Waals surface area contributed by atoms with Crippen LogP contribution in [0.5, 0.6) is 0 Å². The van der Waals surface area contributed by atoms with E-state index in [0.717, 1.165) is 66.0 Å². The highest BCUT2D eigenvalue weighted by Crippen LogP contribution is 2.39. The van der Waals surface area contributed by atoms with Crippen LogP contribution in [0.1, 0.15) is 0 Å². The van der Waals surface area contributed by atoms with E-state index in [1.807, 2.05) is 60.7 Å². The molecule has 11 rings (SSSR count). The molecule has 0 saturated carbocycles. The van der Waals surface area contributed by atoms with E-state index in [9.17, 15) is 0 Å². The SMILES string of the molecule is c1ccc2c(c1)ccc1c3ccc(-c4nc(-c5cccc6c5oc5ccccc56)nc(-c5cccc6c5oc5ccccc56)n4)cc3ccc21. The lowest BCUT2D eigenvalue weighted by atomic mass is 9.96. The normalized spacial score (nSPS) is 12.0. The fourth-order valence-electron chi connectivity index (χ4n) is 7.56. The van der Waals surface area contributed by atoms with Crippen LogP contribution in [0.15, 0.2) is 160 Å². The third-order valence-electron chi connectivity index (χ3n) is 9.93. The van der Waals surface area contributed by atoms with Gasteiger partial charge in [-0.25, -0.2) is 15.0 Å². The zero-order chi connectivity index (χ0) is 32.8. The summed E-state index contributed by atoms with van der Waals surface area (Å²) in [6.07, 6.45) is 0. The van der Waals surface area contributed by atoms with E-state index in [0.29, 0.717) is 17.5 Å². The molecule has 0 amide bonds. The summed E-state index contributed by atoms with van der Waals surface area (Å²) in [6, 6.07) is 52.3. The Bertz CT molecular complexity index is 3040. The van der Waals surface area contributed by atoms with Gasteiger partial charge in [-0.15, -0.1) is 0 Å². The van der Waals surface area contributed by atoms with Crippen molar-refractivity contribution in [2.45, 2.75) is 0 Å². The summed E-state index contributed by atoms with van der Waals surface area (Å²) in [5.74, 6) is 1.65. The highest BCUT2D eigenvalue weighted by molar-refractivity contribution is 6.17. The molecule has 0 aliphatic heterocycles. The van der Waals surface area contributed by atoms with Crippen LogP contribution >= 0.6 is 0 Å². The average molecular weight is 640 g/mol. The Morgan fingerprint density at radius 2 is 0.800 bits per heavy atom. The van der Waals surface area contributed by atoms with Crippen LogP contribution in [0.2, 0.25) is 0 Å². The molecular weight excluding hydrogens is 615 g/mol. The Hall–Kier alpha value is -6.85. The van der Waals surface area contributed by atoms with Crippen molar-refractivity contribution in [1.29, 1.82) is 0 Å². The van der Waals surface area contributed by atoms with Crippen molar-refractivity contribution in [3.8, 4) is 34.2 Å². The second-order valence-electron chi connectivity index (χ2n) is 12.8. The van der Waals surface area contributed by atoms with Gasteiger partial charge in [-0.05, 0) is 62.6 Å². The first-order valence-corrected chi connectivity index (χ1v) is 16.7. The Balaban J connectivity index is 1.16. The van der Waals surface area contributed by atoms with Crippen molar-refractivity contribution in [3.05, 3.63) is 152 Å². The third-order valence-corrected chi connectivity index (χ3v) is 9.93. The van der Waals surface area contributed by atoms with Gasteiger partial charge >= 0.3 is 0 Å². The van der Waals surface area contributed by atoms with E-state index in [2.05, 4.69) is 91.0 Å². The van der Waals surface area contributed by atoms with Crippen LogP contribution in [0, 0.1) is 0 Å². The molecule has 0 fully saturated rings. The maximum Gasteiger partial charge on any atom is 0.167 e. The van der Waals surface area contributed by atoms with Gasteiger partial charge in [0.1, 0.15) is 22.3 Å². The van der Waals surface area contributed by atoms with Gasteiger partial charge in [0.05, 0.1) is 11.1 Å². The molecular formula is C45H25N3O2. The predicted molar refractivity (Wildman–Crippen MR) is 203 cm³/mol. The van der Waals surface area contributed by atoms with Crippen LogP contribution in [0.4, 0.5) is 0 Å².